The van der Waals surface area contributed by atoms with E-state index >= 15 is 0 Å². The number of oxime groups is 1. The lowest BCUT2D eigenvalue weighted by atomic mass is 9.92. The number of halogens is 1. The molecule has 3 rings (SSSR count). The largest absolute Gasteiger partial charge is 0.481 e. The molecule has 0 bridgehead atoms. The first-order valence-electron chi connectivity index (χ1n) is 9.44. The molecule has 1 N–H and O–H groups in total. The zero-order valence-electron chi connectivity index (χ0n) is 15.8. The van der Waals surface area contributed by atoms with Gasteiger partial charge in [0, 0.05) is 19.0 Å². The van der Waals surface area contributed by atoms with Crippen LogP contribution < -0.4 is 0 Å². The number of likely N-dealkylation sites (tertiary alicyclic amines) is 1. The van der Waals surface area contributed by atoms with Gasteiger partial charge in [-0.1, -0.05) is 65.8 Å². The van der Waals surface area contributed by atoms with Gasteiger partial charge in [-0.15, -0.1) is 12.4 Å². The summed E-state index contributed by atoms with van der Waals surface area (Å²) in [5, 5.41) is 13.4. The standard InChI is InChI=1S/C22H26N2O3.ClH/c25-22(26)20-12-7-13-24(17-20)14-15-27-23-16-21(18-8-3-1-4-9-18)19-10-5-2-6-11-19;/h1-6,8-11,16,20-21H,7,12-15,17H2,(H,25,26);1H. The van der Waals surface area contributed by atoms with Crippen LogP contribution in [0, 0.1) is 5.92 Å². The molecule has 2 aromatic rings. The maximum absolute atomic E-state index is 11.1. The quantitative estimate of drug-likeness (QED) is 0.411. The van der Waals surface area contributed by atoms with Gasteiger partial charge in [0.15, 0.2) is 0 Å². The molecular formula is C22H27ClN2O3. The van der Waals surface area contributed by atoms with Gasteiger partial charge in [0.1, 0.15) is 6.61 Å². The Kier molecular flexibility index (Phi) is 8.98. The van der Waals surface area contributed by atoms with Crippen LogP contribution in [0.1, 0.15) is 29.9 Å². The number of hydrogen-bond donors (Lipinski definition) is 1. The lowest BCUT2D eigenvalue weighted by molar-refractivity contribution is -0.143. The molecule has 0 saturated carbocycles. The monoisotopic (exact) mass is 402 g/mol. The van der Waals surface area contributed by atoms with Gasteiger partial charge in [-0.2, -0.15) is 0 Å². The summed E-state index contributed by atoms with van der Waals surface area (Å²) in [5.74, 6) is -0.922. The van der Waals surface area contributed by atoms with Crippen LogP contribution in [0.15, 0.2) is 65.8 Å². The molecule has 1 unspecified atom stereocenters. The highest BCUT2D eigenvalue weighted by atomic mass is 35.5. The number of aliphatic carboxylic acids is 1. The molecule has 0 radical (unpaired) electrons. The van der Waals surface area contributed by atoms with E-state index in [1.807, 2.05) is 42.6 Å². The van der Waals surface area contributed by atoms with Gasteiger partial charge in [-0.3, -0.25) is 9.69 Å². The fourth-order valence-corrected chi connectivity index (χ4v) is 3.47. The topological polar surface area (TPSA) is 62.1 Å². The van der Waals surface area contributed by atoms with Gasteiger partial charge < -0.3 is 9.94 Å². The van der Waals surface area contributed by atoms with Crippen LogP contribution in [0.3, 0.4) is 0 Å². The van der Waals surface area contributed by atoms with Crippen LogP contribution in [0.5, 0.6) is 0 Å². The summed E-state index contributed by atoms with van der Waals surface area (Å²) in [4.78, 5) is 18.8. The highest BCUT2D eigenvalue weighted by molar-refractivity contribution is 5.85. The fraction of sp³-hybridized carbons (Fsp3) is 0.364. The van der Waals surface area contributed by atoms with Crippen molar-refractivity contribution in [1.29, 1.82) is 0 Å². The average Bonchev–Trinajstić information content (AvgIpc) is 2.72. The first-order chi connectivity index (χ1) is 13.2. The molecule has 1 heterocycles. The van der Waals surface area contributed by atoms with E-state index in [4.69, 9.17) is 9.94 Å². The van der Waals surface area contributed by atoms with E-state index in [0.717, 1.165) is 30.5 Å². The smallest absolute Gasteiger partial charge is 0.307 e. The molecule has 1 aliphatic rings. The molecule has 0 aromatic heterocycles. The van der Waals surface area contributed by atoms with Crippen molar-refractivity contribution in [3.63, 3.8) is 0 Å². The minimum Gasteiger partial charge on any atom is -0.481 e. The van der Waals surface area contributed by atoms with Gasteiger partial charge >= 0.3 is 5.97 Å². The number of piperidine rings is 1. The molecule has 6 heteroatoms. The van der Waals surface area contributed by atoms with E-state index in [1.54, 1.807) is 0 Å². The lowest BCUT2D eigenvalue weighted by Gasteiger charge is -2.29. The Morgan fingerprint density at radius 1 is 1.14 bits per heavy atom. The van der Waals surface area contributed by atoms with Crippen LogP contribution in [-0.2, 0) is 9.63 Å². The van der Waals surface area contributed by atoms with Gasteiger partial charge in [0.2, 0.25) is 0 Å². The van der Waals surface area contributed by atoms with E-state index in [1.165, 1.54) is 0 Å². The number of carboxylic acid groups (broad SMARTS) is 1. The minimum absolute atomic E-state index is 0. The first kappa shape index (κ1) is 21.9. The van der Waals surface area contributed by atoms with Crippen molar-refractivity contribution >= 4 is 24.6 Å². The molecule has 1 saturated heterocycles. The zero-order valence-corrected chi connectivity index (χ0v) is 16.6. The molecule has 0 spiro atoms. The summed E-state index contributed by atoms with van der Waals surface area (Å²) in [6.07, 6.45) is 3.52. The van der Waals surface area contributed by atoms with Crippen LogP contribution >= 0.6 is 12.4 Å². The van der Waals surface area contributed by atoms with Gasteiger partial charge in [0.25, 0.3) is 0 Å². The summed E-state index contributed by atoms with van der Waals surface area (Å²) in [5.41, 5.74) is 2.33. The normalized spacial score (nSPS) is 17.4. The Hall–Kier alpha value is -2.37. The number of carboxylic acids is 1. The average molecular weight is 403 g/mol. The Morgan fingerprint density at radius 2 is 1.75 bits per heavy atom. The second kappa shape index (κ2) is 11.5. The number of nitrogens with zero attached hydrogens (tertiary/aromatic N) is 2. The van der Waals surface area contributed by atoms with Crippen molar-refractivity contribution in [2.45, 2.75) is 18.8 Å². The number of rotatable bonds is 8. The van der Waals surface area contributed by atoms with Crippen molar-refractivity contribution in [3.8, 4) is 0 Å². The molecule has 0 amide bonds. The third kappa shape index (κ3) is 6.36. The van der Waals surface area contributed by atoms with Crippen molar-refractivity contribution in [3.05, 3.63) is 71.8 Å². The maximum Gasteiger partial charge on any atom is 0.307 e. The Labute approximate surface area is 172 Å². The van der Waals surface area contributed by atoms with E-state index < -0.39 is 5.97 Å². The van der Waals surface area contributed by atoms with E-state index in [2.05, 4.69) is 34.3 Å². The minimum atomic E-state index is -0.702. The van der Waals surface area contributed by atoms with Crippen molar-refractivity contribution < 1.29 is 14.7 Å². The van der Waals surface area contributed by atoms with Crippen molar-refractivity contribution in [2.24, 2.45) is 11.1 Å². The van der Waals surface area contributed by atoms with E-state index in [-0.39, 0.29) is 24.2 Å². The zero-order chi connectivity index (χ0) is 18.9. The molecule has 0 aliphatic carbocycles. The molecule has 28 heavy (non-hydrogen) atoms. The molecular weight excluding hydrogens is 376 g/mol. The lowest BCUT2D eigenvalue weighted by Crippen LogP contribution is -2.40. The third-order valence-corrected chi connectivity index (χ3v) is 4.96. The Bertz CT molecular complexity index is 700. The Balaban J connectivity index is 0.00000280. The number of carbonyl (C=O) groups is 1. The number of benzene rings is 2. The van der Waals surface area contributed by atoms with Gasteiger partial charge in [-0.25, -0.2) is 0 Å². The van der Waals surface area contributed by atoms with Crippen LogP contribution in [-0.4, -0.2) is 48.4 Å². The van der Waals surface area contributed by atoms with E-state index in [0.29, 0.717) is 19.7 Å². The fourth-order valence-electron chi connectivity index (χ4n) is 3.47. The highest BCUT2D eigenvalue weighted by Gasteiger charge is 2.24. The Morgan fingerprint density at radius 3 is 2.32 bits per heavy atom. The third-order valence-electron chi connectivity index (χ3n) is 4.96. The van der Waals surface area contributed by atoms with E-state index in [9.17, 15) is 4.79 Å². The molecule has 5 nitrogen and oxygen atoms in total. The predicted octanol–water partition coefficient (Wildman–Crippen LogP) is 4.04. The van der Waals surface area contributed by atoms with Crippen molar-refractivity contribution in [1.82, 2.24) is 4.90 Å². The summed E-state index contributed by atoms with van der Waals surface area (Å²) in [6, 6.07) is 20.4. The van der Waals surface area contributed by atoms with Crippen LogP contribution in [0.25, 0.3) is 0 Å². The summed E-state index contributed by atoms with van der Waals surface area (Å²) < 4.78 is 0. The molecule has 2 aromatic carbocycles. The second-order valence-electron chi connectivity index (χ2n) is 6.86. The molecule has 1 fully saturated rings. The van der Waals surface area contributed by atoms with Crippen molar-refractivity contribution in [2.75, 3.05) is 26.2 Å². The molecule has 1 atom stereocenters. The summed E-state index contributed by atoms with van der Waals surface area (Å²) in [6.45, 7) is 2.67. The number of hydrogen-bond acceptors (Lipinski definition) is 4. The molecule has 150 valence electrons. The molecule has 1 aliphatic heterocycles. The summed E-state index contributed by atoms with van der Waals surface area (Å²) >= 11 is 0. The van der Waals surface area contributed by atoms with Gasteiger partial charge in [-0.05, 0) is 30.5 Å². The van der Waals surface area contributed by atoms with Gasteiger partial charge in [0.05, 0.1) is 12.1 Å². The van der Waals surface area contributed by atoms with Crippen LogP contribution in [0.2, 0.25) is 0 Å². The summed E-state index contributed by atoms with van der Waals surface area (Å²) in [7, 11) is 0. The second-order valence-corrected chi connectivity index (χ2v) is 6.86. The predicted molar refractivity (Wildman–Crippen MR) is 113 cm³/mol. The highest BCUT2D eigenvalue weighted by Crippen LogP contribution is 2.22. The first-order valence-corrected chi connectivity index (χ1v) is 9.44. The maximum atomic E-state index is 11.1. The SMILES string of the molecule is Cl.O=C(O)C1CCCN(CCON=CC(c2ccccc2)c2ccccc2)C1. The van der Waals surface area contributed by atoms with Crippen LogP contribution in [0.4, 0.5) is 0 Å².